The molecule has 0 aliphatic carbocycles. The highest BCUT2D eigenvalue weighted by atomic mass is 32.2. The Labute approximate surface area is 103 Å². The van der Waals surface area contributed by atoms with Crippen LogP contribution in [0.4, 0.5) is 4.79 Å². The van der Waals surface area contributed by atoms with E-state index in [-0.39, 0.29) is 5.75 Å². The zero-order valence-corrected chi connectivity index (χ0v) is 10.5. The van der Waals surface area contributed by atoms with Crippen LogP contribution in [0.5, 0.6) is 0 Å². The zero-order chi connectivity index (χ0) is 13.3. The quantitative estimate of drug-likeness (QED) is 0.544. The lowest BCUT2D eigenvalue weighted by Gasteiger charge is -2.07. The molecular formula is C9H16N2O5S. The number of nitrogens with one attached hydrogen (secondary N) is 2. The number of carboxylic acids is 1. The maximum atomic E-state index is 11.2. The molecule has 0 aliphatic heterocycles. The first-order valence-corrected chi connectivity index (χ1v) is 5.93. The molecule has 0 heterocycles. The van der Waals surface area contributed by atoms with Crippen LogP contribution in [0.15, 0.2) is 0 Å². The number of rotatable bonds is 7. The number of amides is 3. The Bertz CT molecular complexity index is 285. The number of imide groups is 1. The number of hydrogen-bond donors (Lipinski definition) is 3. The molecule has 0 aromatic heterocycles. The molecule has 0 rings (SSSR count). The number of carbonyl (C=O) groups is 3. The average molecular weight is 264 g/mol. The summed E-state index contributed by atoms with van der Waals surface area (Å²) in [6, 6.07) is -0.615. The van der Waals surface area contributed by atoms with Crippen molar-refractivity contribution in [3.05, 3.63) is 0 Å². The molecule has 3 amide bonds. The Morgan fingerprint density at radius 2 is 2.06 bits per heavy atom. The molecule has 3 N–H and O–H groups in total. The number of carboxylic acid groups (broad SMARTS) is 1. The van der Waals surface area contributed by atoms with E-state index < -0.39 is 23.2 Å². The van der Waals surface area contributed by atoms with Gasteiger partial charge in [0.2, 0.25) is 5.91 Å². The highest BCUT2D eigenvalue weighted by Crippen LogP contribution is 2.09. The number of hydrogen-bond acceptors (Lipinski definition) is 5. The third kappa shape index (κ3) is 8.52. The van der Waals surface area contributed by atoms with E-state index in [1.165, 1.54) is 14.0 Å². The fourth-order valence-corrected chi connectivity index (χ4v) is 1.36. The summed E-state index contributed by atoms with van der Waals surface area (Å²) in [5, 5.41) is 12.4. The van der Waals surface area contributed by atoms with Crippen LogP contribution in [0.1, 0.15) is 6.92 Å². The summed E-state index contributed by atoms with van der Waals surface area (Å²) >= 11 is 0.947. The first-order valence-electron chi connectivity index (χ1n) is 4.88. The summed E-state index contributed by atoms with van der Waals surface area (Å²) < 4.78 is 4.71. The number of thioether (sulfide) groups is 1. The van der Waals surface area contributed by atoms with E-state index in [1.54, 1.807) is 0 Å². The summed E-state index contributed by atoms with van der Waals surface area (Å²) in [5.41, 5.74) is 0. The predicted octanol–water partition coefficient (Wildman–Crippen LogP) is -0.335. The van der Waals surface area contributed by atoms with Crippen molar-refractivity contribution >= 4 is 29.7 Å². The Kier molecular flexibility index (Phi) is 8.16. The molecule has 0 spiro atoms. The van der Waals surface area contributed by atoms with Crippen LogP contribution >= 0.6 is 11.8 Å². The van der Waals surface area contributed by atoms with Crippen LogP contribution in [-0.4, -0.2) is 54.3 Å². The number of urea groups is 1. The molecule has 0 radical (unpaired) electrons. The molecule has 0 fully saturated rings. The smallest absolute Gasteiger partial charge is 0.321 e. The maximum Gasteiger partial charge on any atom is 0.321 e. The van der Waals surface area contributed by atoms with E-state index in [4.69, 9.17) is 9.84 Å². The van der Waals surface area contributed by atoms with Crippen LogP contribution in [-0.2, 0) is 14.3 Å². The van der Waals surface area contributed by atoms with Crippen molar-refractivity contribution in [3.63, 3.8) is 0 Å². The van der Waals surface area contributed by atoms with Gasteiger partial charge in [-0.3, -0.25) is 14.9 Å². The fourth-order valence-electron chi connectivity index (χ4n) is 0.746. The number of carbonyl (C=O) groups excluding carboxylic acids is 2. The summed E-state index contributed by atoms with van der Waals surface area (Å²) in [4.78, 5) is 32.7. The van der Waals surface area contributed by atoms with E-state index in [1.807, 2.05) is 0 Å². The van der Waals surface area contributed by atoms with Crippen molar-refractivity contribution in [2.24, 2.45) is 0 Å². The Morgan fingerprint density at radius 1 is 1.41 bits per heavy atom. The lowest BCUT2D eigenvalue weighted by atomic mass is 10.5. The molecule has 98 valence electrons. The molecule has 8 heteroatoms. The molecule has 7 nitrogen and oxygen atoms in total. The van der Waals surface area contributed by atoms with Crippen molar-refractivity contribution in [2.75, 3.05) is 26.0 Å². The summed E-state index contributed by atoms with van der Waals surface area (Å²) in [5.74, 6) is -1.60. The van der Waals surface area contributed by atoms with E-state index in [0.29, 0.717) is 13.2 Å². The third-order valence-corrected chi connectivity index (χ3v) is 2.79. The monoisotopic (exact) mass is 264 g/mol. The van der Waals surface area contributed by atoms with E-state index in [2.05, 4.69) is 10.6 Å². The van der Waals surface area contributed by atoms with E-state index in [9.17, 15) is 14.4 Å². The summed E-state index contributed by atoms with van der Waals surface area (Å²) in [6.07, 6.45) is 0. The minimum absolute atomic E-state index is 0.0782. The lowest BCUT2D eigenvalue weighted by molar-refractivity contribution is -0.136. The summed E-state index contributed by atoms with van der Waals surface area (Å²) in [6.45, 7) is 2.12. The van der Waals surface area contributed by atoms with Crippen molar-refractivity contribution in [1.29, 1.82) is 0 Å². The zero-order valence-electron chi connectivity index (χ0n) is 9.69. The van der Waals surface area contributed by atoms with Crippen LogP contribution in [0.3, 0.4) is 0 Å². The molecule has 0 aromatic rings. The van der Waals surface area contributed by atoms with Crippen molar-refractivity contribution in [1.82, 2.24) is 10.6 Å². The van der Waals surface area contributed by atoms with Crippen LogP contribution in [0.25, 0.3) is 0 Å². The van der Waals surface area contributed by atoms with Crippen LogP contribution in [0.2, 0.25) is 0 Å². The second-order valence-corrected chi connectivity index (χ2v) is 4.42. The number of aliphatic carboxylic acids is 1. The molecular weight excluding hydrogens is 248 g/mol. The highest BCUT2D eigenvalue weighted by Gasteiger charge is 2.14. The van der Waals surface area contributed by atoms with Crippen molar-refractivity contribution in [3.8, 4) is 0 Å². The molecule has 0 bridgehead atoms. The standard InChI is InChI=1S/C9H16N2O5S/c1-6(8(13)14)17-5-7(12)11-9(15)10-3-4-16-2/h6H,3-5H2,1-2H3,(H,13,14)(H2,10,11,12,15). The van der Waals surface area contributed by atoms with Gasteiger partial charge in [-0.1, -0.05) is 0 Å². The van der Waals surface area contributed by atoms with Crippen molar-refractivity contribution in [2.45, 2.75) is 12.2 Å². The minimum atomic E-state index is -0.993. The average Bonchev–Trinajstić information content (AvgIpc) is 2.26. The molecule has 0 saturated carbocycles. The summed E-state index contributed by atoms with van der Waals surface area (Å²) in [7, 11) is 1.49. The number of methoxy groups -OCH3 is 1. The molecule has 0 aliphatic rings. The maximum absolute atomic E-state index is 11.2. The van der Waals surface area contributed by atoms with Crippen LogP contribution in [0, 0.1) is 0 Å². The van der Waals surface area contributed by atoms with Crippen molar-refractivity contribution < 1.29 is 24.2 Å². The van der Waals surface area contributed by atoms with Crippen LogP contribution < -0.4 is 10.6 Å². The van der Waals surface area contributed by atoms with Gasteiger partial charge >= 0.3 is 12.0 Å². The van der Waals surface area contributed by atoms with Gasteiger partial charge in [-0.25, -0.2) is 4.79 Å². The molecule has 0 aromatic carbocycles. The molecule has 1 atom stereocenters. The molecule has 17 heavy (non-hydrogen) atoms. The second kappa shape index (κ2) is 8.82. The largest absolute Gasteiger partial charge is 0.480 e. The third-order valence-electron chi connectivity index (χ3n) is 1.66. The fraction of sp³-hybridized carbons (Fsp3) is 0.667. The molecule has 0 saturated heterocycles. The minimum Gasteiger partial charge on any atom is -0.480 e. The van der Waals surface area contributed by atoms with E-state index >= 15 is 0 Å². The first kappa shape index (κ1) is 15.7. The van der Waals surface area contributed by atoms with Gasteiger partial charge in [0.25, 0.3) is 0 Å². The Balaban J connectivity index is 3.71. The topological polar surface area (TPSA) is 105 Å². The van der Waals surface area contributed by atoms with Gasteiger partial charge in [-0.2, -0.15) is 0 Å². The van der Waals surface area contributed by atoms with Gasteiger partial charge in [-0.15, -0.1) is 11.8 Å². The SMILES string of the molecule is COCCNC(=O)NC(=O)CSC(C)C(=O)O. The van der Waals surface area contributed by atoms with E-state index in [0.717, 1.165) is 11.8 Å². The predicted molar refractivity (Wildman–Crippen MR) is 63.0 cm³/mol. The second-order valence-electron chi connectivity index (χ2n) is 3.09. The van der Waals surface area contributed by atoms with Gasteiger partial charge in [-0.05, 0) is 6.92 Å². The van der Waals surface area contributed by atoms with Gasteiger partial charge < -0.3 is 15.2 Å². The number of ether oxygens (including phenoxy) is 1. The van der Waals surface area contributed by atoms with Gasteiger partial charge in [0, 0.05) is 13.7 Å². The molecule has 1 unspecified atom stereocenters. The lowest BCUT2D eigenvalue weighted by Crippen LogP contribution is -2.41. The Hall–Kier alpha value is -1.28. The van der Waals surface area contributed by atoms with Gasteiger partial charge in [0.05, 0.1) is 17.6 Å². The first-order chi connectivity index (χ1) is 7.97. The Morgan fingerprint density at radius 3 is 2.59 bits per heavy atom. The highest BCUT2D eigenvalue weighted by molar-refractivity contribution is 8.01. The van der Waals surface area contributed by atoms with Gasteiger partial charge in [0.15, 0.2) is 0 Å². The normalized spacial score (nSPS) is 11.6. The van der Waals surface area contributed by atoms with Gasteiger partial charge in [0.1, 0.15) is 0 Å².